The molecule has 3 aliphatic rings. The first-order valence-electron chi connectivity index (χ1n) is 8.28. The van der Waals surface area contributed by atoms with Crippen LogP contribution in [0.15, 0.2) is 0 Å². The van der Waals surface area contributed by atoms with Crippen molar-refractivity contribution >= 4 is 0 Å². The quantitative estimate of drug-likeness (QED) is 0.849. The highest BCUT2D eigenvalue weighted by Gasteiger charge is 2.42. The van der Waals surface area contributed by atoms with Crippen LogP contribution >= 0.6 is 0 Å². The molecule has 0 aromatic heterocycles. The summed E-state index contributed by atoms with van der Waals surface area (Å²) in [6.45, 7) is 0.810. The lowest BCUT2D eigenvalue weighted by atomic mass is 9.92. The van der Waals surface area contributed by atoms with Crippen LogP contribution in [0.25, 0.3) is 0 Å². The van der Waals surface area contributed by atoms with E-state index in [4.69, 9.17) is 9.47 Å². The zero-order valence-electron chi connectivity index (χ0n) is 12.3. The van der Waals surface area contributed by atoms with Crippen LogP contribution in [0.3, 0.4) is 0 Å². The Bertz CT molecular complexity index is 288. The van der Waals surface area contributed by atoms with Crippen molar-refractivity contribution in [2.75, 3.05) is 13.7 Å². The van der Waals surface area contributed by atoms with E-state index in [1.807, 2.05) is 0 Å². The highest BCUT2D eigenvalue weighted by molar-refractivity contribution is 4.93. The zero-order valence-corrected chi connectivity index (χ0v) is 12.3. The topological polar surface area (TPSA) is 30.5 Å². The molecule has 1 saturated heterocycles. The maximum Gasteiger partial charge on any atom is 0.0817 e. The molecule has 3 nitrogen and oxygen atoms in total. The van der Waals surface area contributed by atoms with E-state index < -0.39 is 0 Å². The summed E-state index contributed by atoms with van der Waals surface area (Å²) in [5.41, 5.74) is 0.253. The van der Waals surface area contributed by atoms with Gasteiger partial charge in [0.1, 0.15) is 0 Å². The summed E-state index contributed by atoms with van der Waals surface area (Å²) in [7, 11) is 2.06. The van der Waals surface area contributed by atoms with Gasteiger partial charge in [-0.15, -0.1) is 0 Å². The molecule has 2 saturated carbocycles. The number of hydrogen-bond donors (Lipinski definition) is 1. The molecule has 19 heavy (non-hydrogen) atoms. The molecule has 0 aromatic rings. The van der Waals surface area contributed by atoms with Crippen LogP contribution in [0.1, 0.15) is 64.2 Å². The Hall–Kier alpha value is -0.120. The third-order valence-corrected chi connectivity index (χ3v) is 5.42. The van der Waals surface area contributed by atoms with Gasteiger partial charge in [0.2, 0.25) is 0 Å². The molecular weight excluding hydrogens is 238 g/mol. The third kappa shape index (κ3) is 3.14. The van der Waals surface area contributed by atoms with E-state index >= 15 is 0 Å². The lowest BCUT2D eigenvalue weighted by molar-refractivity contribution is -0.0912. The van der Waals surface area contributed by atoms with Crippen molar-refractivity contribution in [3.63, 3.8) is 0 Å². The fraction of sp³-hybridized carbons (Fsp3) is 1.00. The van der Waals surface area contributed by atoms with Crippen molar-refractivity contribution in [2.45, 2.75) is 88.1 Å². The molecule has 110 valence electrons. The van der Waals surface area contributed by atoms with E-state index in [9.17, 15) is 0 Å². The summed E-state index contributed by atoms with van der Waals surface area (Å²) >= 11 is 0. The van der Waals surface area contributed by atoms with Gasteiger partial charge in [-0.05, 0) is 45.6 Å². The Balaban J connectivity index is 1.44. The Morgan fingerprint density at radius 3 is 2.63 bits per heavy atom. The average Bonchev–Trinajstić information content (AvgIpc) is 3.07. The molecule has 3 atom stereocenters. The predicted molar refractivity (Wildman–Crippen MR) is 76.4 cm³/mol. The number of ether oxygens (including phenoxy) is 2. The van der Waals surface area contributed by atoms with Crippen molar-refractivity contribution in [2.24, 2.45) is 0 Å². The Labute approximate surface area is 117 Å². The van der Waals surface area contributed by atoms with Crippen molar-refractivity contribution in [3.05, 3.63) is 0 Å². The Kier molecular flexibility index (Phi) is 4.45. The standard InChI is InChI=1S/C16H29NO2/c1-17-14-6-2-3-7-15(14)18-12-13-8-11-16(19-13)9-4-5-10-16/h13-15,17H,2-12H2,1H3. The zero-order chi connectivity index (χ0) is 13.1. The van der Waals surface area contributed by atoms with E-state index in [-0.39, 0.29) is 5.60 Å². The molecule has 3 fully saturated rings. The largest absolute Gasteiger partial charge is 0.374 e. The predicted octanol–water partition coefficient (Wildman–Crippen LogP) is 3.03. The second-order valence-corrected chi connectivity index (χ2v) is 6.72. The average molecular weight is 267 g/mol. The van der Waals surface area contributed by atoms with E-state index in [2.05, 4.69) is 12.4 Å². The smallest absolute Gasteiger partial charge is 0.0817 e. The van der Waals surface area contributed by atoms with Crippen molar-refractivity contribution in [1.82, 2.24) is 5.32 Å². The lowest BCUT2D eigenvalue weighted by Crippen LogP contribution is -2.42. The highest BCUT2D eigenvalue weighted by atomic mass is 16.6. The highest BCUT2D eigenvalue weighted by Crippen LogP contribution is 2.43. The van der Waals surface area contributed by atoms with E-state index in [0.29, 0.717) is 18.2 Å². The molecule has 0 amide bonds. The first kappa shape index (κ1) is 13.8. The molecule has 3 rings (SSSR count). The second kappa shape index (κ2) is 6.11. The van der Waals surface area contributed by atoms with Crippen molar-refractivity contribution in [3.8, 4) is 0 Å². The molecule has 0 aromatic carbocycles. The maximum absolute atomic E-state index is 6.32. The minimum Gasteiger partial charge on any atom is -0.374 e. The Morgan fingerprint density at radius 1 is 1.05 bits per heavy atom. The SMILES string of the molecule is CNC1CCCCC1OCC1CCC2(CCCC2)O1. The maximum atomic E-state index is 6.32. The van der Waals surface area contributed by atoms with E-state index in [1.165, 1.54) is 64.2 Å². The van der Waals surface area contributed by atoms with Crippen LogP contribution in [-0.2, 0) is 9.47 Å². The minimum absolute atomic E-state index is 0.253. The summed E-state index contributed by atoms with van der Waals surface area (Å²) in [6.07, 6.45) is 13.7. The van der Waals surface area contributed by atoms with Crippen LogP contribution in [0.5, 0.6) is 0 Å². The van der Waals surface area contributed by atoms with Gasteiger partial charge in [-0.1, -0.05) is 25.7 Å². The minimum atomic E-state index is 0.253. The van der Waals surface area contributed by atoms with Gasteiger partial charge in [-0.2, -0.15) is 0 Å². The molecule has 2 aliphatic carbocycles. The first-order chi connectivity index (χ1) is 9.31. The summed E-state index contributed by atoms with van der Waals surface area (Å²) < 4.78 is 12.5. The van der Waals surface area contributed by atoms with Crippen molar-refractivity contribution in [1.29, 1.82) is 0 Å². The normalized spacial score (nSPS) is 38.1. The van der Waals surface area contributed by atoms with Gasteiger partial charge in [0.15, 0.2) is 0 Å². The van der Waals surface area contributed by atoms with Crippen LogP contribution in [-0.4, -0.2) is 37.5 Å². The lowest BCUT2D eigenvalue weighted by Gasteiger charge is -2.32. The molecule has 3 heteroatoms. The fourth-order valence-electron chi connectivity index (χ4n) is 4.26. The van der Waals surface area contributed by atoms with Crippen LogP contribution in [0, 0.1) is 0 Å². The van der Waals surface area contributed by atoms with Gasteiger partial charge in [0, 0.05) is 6.04 Å². The van der Waals surface area contributed by atoms with E-state index in [0.717, 1.165) is 6.61 Å². The van der Waals surface area contributed by atoms with Gasteiger partial charge < -0.3 is 14.8 Å². The summed E-state index contributed by atoms with van der Waals surface area (Å²) in [5.74, 6) is 0. The molecule has 0 bridgehead atoms. The third-order valence-electron chi connectivity index (χ3n) is 5.42. The molecule has 3 unspecified atom stereocenters. The van der Waals surface area contributed by atoms with Crippen LogP contribution < -0.4 is 5.32 Å². The van der Waals surface area contributed by atoms with Gasteiger partial charge in [0.25, 0.3) is 0 Å². The van der Waals surface area contributed by atoms with Crippen molar-refractivity contribution < 1.29 is 9.47 Å². The van der Waals surface area contributed by atoms with Crippen LogP contribution in [0.4, 0.5) is 0 Å². The van der Waals surface area contributed by atoms with Crippen LogP contribution in [0.2, 0.25) is 0 Å². The Morgan fingerprint density at radius 2 is 1.84 bits per heavy atom. The first-order valence-corrected chi connectivity index (χ1v) is 8.28. The molecule has 1 heterocycles. The number of rotatable bonds is 4. The molecule has 1 aliphatic heterocycles. The van der Waals surface area contributed by atoms with Gasteiger partial charge in [-0.25, -0.2) is 0 Å². The second-order valence-electron chi connectivity index (χ2n) is 6.72. The fourth-order valence-corrected chi connectivity index (χ4v) is 4.26. The molecule has 1 N–H and O–H groups in total. The molecular formula is C16H29NO2. The number of nitrogens with one attached hydrogen (secondary N) is 1. The van der Waals surface area contributed by atoms with Gasteiger partial charge in [0.05, 0.1) is 24.4 Å². The van der Waals surface area contributed by atoms with Gasteiger partial charge >= 0.3 is 0 Å². The number of likely N-dealkylation sites (N-methyl/N-ethyl adjacent to an activating group) is 1. The monoisotopic (exact) mass is 267 g/mol. The number of hydrogen-bond acceptors (Lipinski definition) is 3. The molecule has 1 spiro atoms. The molecule has 0 radical (unpaired) electrons. The van der Waals surface area contributed by atoms with E-state index in [1.54, 1.807) is 0 Å². The summed E-state index contributed by atoms with van der Waals surface area (Å²) in [4.78, 5) is 0. The summed E-state index contributed by atoms with van der Waals surface area (Å²) in [6, 6.07) is 0.551. The summed E-state index contributed by atoms with van der Waals surface area (Å²) in [5, 5.41) is 3.41. The van der Waals surface area contributed by atoms with Gasteiger partial charge in [-0.3, -0.25) is 0 Å².